The Morgan fingerprint density at radius 1 is 1.13 bits per heavy atom. The van der Waals surface area contributed by atoms with Gasteiger partial charge in [-0.2, -0.15) is 12.6 Å². The first-order chi connectivity index (χ1) is 6.58. The van der Waals surface area contributed by atoms with Gasteiger partial charge in [-0.15, -0.1) is 0 Å². The molecular weight excluding hydrogens is 202 g/mol. The summed E-state index contributed by atoms with van der Waals surface area (Å²) < 4.78 is 0. The van der Waals surface area contributed by atoms with Crippen LogP contribution in [0.5, 0.6) is 0 Å². The highest BCUT2D eigenvalue weighted by molar-refractivity contribution is 7.81. The summed E-state index contributed by atoms with van der Waals surface area (Å²) in [6.07, 6.45) is 2.35. The van der Waals surface area contributed by atoms with Gasteiger partial charge < -0.3 is 4.90 Å². The molecule has 0 aliphatic heterocycles. The van der Waals surface area contributed by atoms with Gasteiger partial charge in [0.05, 0.1) is 0 Å². The second-order valence-electron chi connectivity index (χ2n) is 6.49. The highest BCUT2D eigenvalue weighted by atomic mass is 32.1. The number of hydrogen-bond donors (Lipinski definition) is 1. The smallest absolute Gasteiger partial charge is 0.0155 e. The van der Waals surface area contributed by atoms with Crippen LogP contribution in [0.15, 0.2) is 0 Å². The van der Waals surface area contributed by atoms with Gasteiger partial charge in [0.2, 0.25) is 0 Å². The van der Waals surface area contributed by atoms with Crippen molar-refractivity contribution in [3.8, 4) is 0 Å². The van der Waals surface area contributed by atoms with Gasteiger partial charge >= 0.3 is 0 Å². The van der Waals surface area contributed by atoms with Crippen molar-refractivity contribution in [1.82, 2.24) is 4.90 Å². The van der Waals surface area contributed by atoms with E-state index in [1.165, 1.54) is 6.42 Å². The first kappa shape index (κ1) is 15.3. The fourth-order valence-electron chi connectivity index (χ4n) is 2.13. The number of nitrogens with zero attached hydrogens (tertiary/aromatic N) is 1. The van der Waals surface area contributed by atoms with Crippen LogP contribution in [-0.2, 0) is 0 Å². The lowest BCUT2D eigenvalue weighted by molar-refractivity contribution is 0.104. The Hall–Kier alpha value is 0.310. The van der Waals surface area contributed by atoms with Crippen molar-refractivity contribution in [2.75, 3.05) is 13.6 Å². The van der Waals surface area contributed by atoms with E-state index in [0.29, 0.717) is 10.7 Å². The van der Waals surface area contributed by atoms with Crippen LogP contribution in [0.4, 0.5) is 0 Å². The maximum absolute atomic E-state index is 4.57. The Morgan fingerprint density at radius 3 is 1.93 bits per heavy atom. The van der Waals surface area contributed by atoms with Crippen molar-refractivity contribution in [2.45, 2.75) is 65.2 Å². The van der Waals surface area contributed by atoms with E-state index in [4.69, 9.17) is 0 Å². The fraction of sp³-hybridized carbons (Fsp3) is 1.00. The molecule has 0 spiro atoms. The SMILES string of the molecule is CCC(S)CN(C)C(C)(C)CC(C)(C)C. The minimum absolute atomic E-state index is 0.258. The average Bonchev–Trinajstić information content (AvgIpc) is 1.99. The van der Waals surface area contributed by atoms with Crippen LogP contribution in [-0.4, -0.2) is 29.3 Å². The van der Waals surface area contributed by atoms with Crippen molar-refractivity contribution in [3.05, 3.63) is 0 Å². The van der Waals surface area contributed by atoms with Gasteiger partial charge in [0.25, 0.3) is 0 Å². The molecule has 0 saturated carbocycles. The highest BCUT2D eigenvalue weighted by Crippen LogP contribution is 2.30. The molecule has 0 aromatic heterocycles. The van der Waals surface area contributed by atoms with Gasteiger partial charge in [-0.1, -0.05) is 27.7 Å². The standard InChI is InChI=1S/C13H29NS/c1-8-11(15)9-14(7)13(5,6)10-12(2,3)4/h11,15H,8-10H2,1-7H3. The van der Waals surface area contributed by atoms with Crippen LogP contribution in [0, 0.1) is 5.41 Å². The first-order valence-corrected chi connectivity index (χ1v) is 6.49. The molecule has 0 N–H and O–H groups in total. The Balaban J connectivity index is 4.32. The lowest BCUT2D eigenvalue weighted by atomic mass is 9.81. The van der Waals surface area contributed by atoms with Crippen molar-refractivity contribution in [2.24, 2.45) is 5.41 Å². The zero-order chi connectivity index (χ0) is 12.3. The summed E-state index contributed by atoms with van der Waals surface area (Å²) in [5.41, 5.74) is 0.643. The summed E-state index contributed by atoms with van der Waals surface area (Å²) in [6, 6.07) is 0. The topological polar surface area (TPSA) is 3.24 Å². The minimum atomic E-state index is 0.258. The maximum Gasteiger partial charge on any atom is 0.0155 e. The largest absolute Gasteiger partial charge is 0.300 e. The number of rotatable bonds is 5. The third-order valence-electron chi connectivity index (χ3n) is 2.95. The molecule has 15 heavy (non-hydrogen) atoms. The molecular formula is C13H29NS. The van der Waals surface area contributed by atoms with Crippen molar-refractivity contribution in [1.29, 1.82) is 0 Å². The lowest BCUT2D eigenvalue weighted by Gasteiger charge is -2.41. The molecule has 0 saturated heterocycles. The maximum atomic E-state index is 4.57. The summed E-state index contributed by atoms with van der Waals surface area (Å²) in [7, 11) is 2.21. The third kappa shape index (κ3) is 6.47. The molecule has 0 fully saturated rings. The van der Waals surface area contributed by atoms with Gasteiger partial charge in [0, 0.05) is 17.3 Å². The molecule has 0 aromatic rings. The van der Waals surface area contributed by atoms with E-state index in [1.807, 2.05) is 0 Å². The summed E-state index contributed by atoms with van der Waals surface area (Å²) in [5.74, 6) is 0. The van der Waals surface area contributed by atoms with E-state index in [9.17, 15) is 0 Å². The zero-order valence-electron chi connectivity index (χ0n) is 11.6. The summed E-state index contributed by atoms with van der Waals surface area (Å²) >= 11 is 4.57. The summed E-state index contributed by atoms with van der Waals surface area (Å²) in [5, 5.41) is 0.495. The molecule has 1 nitrogen and oxygen atoms in total. The molecule has 0 radical (unpaired) electrons. The average molecular weight is 231 g/mol. The van der Waals surface area contributed by atoms with Gasteiger partial charge in [0.15, 0.2) is 0 Å². The Kier molecular flexibility index (Phi) is 5.70. The molecule has 92 valence electrons. The summed E-state index contributed by atoms with van der Waals surface area (Å²) in [6.45, 7) is 14.8. The minimum Gasteiger partial charge on any atom is -0.300 e. The highest BCUT2D eigenvalue weighted by Gasteiger charge is 2.29. The fourth-order valence-corrected chi connectivity index (χ4v) is 2.37. The molecule has 0 bridgehead atoms. The predicted molar refractivity (Wildman–Crippen MR) is 73.8 cm³/mol. The van der Waals surface area contributed by atoms with Crippen LogP contribution in [0.25, 0.3) is 0 Å². The molecule has 0 rings (SSSR count). The second kappa shape index (κ2) is 5.58. The molecule has 2 heteroatoms. The van der Waals surface area contributed by atoms with E-state index in [0.717, 1.165) is 13.0 Å². The Bertz CT molecular complexity index is 181. The van der Waals surface area contributed by atoms with E-state index in [-0.39, 0.29) is 5.54 Å². The van der Waals surface area contributed by atoms with E-state index < -0.39 is 0 Å². The molecule has 1 atom stereocenters. The Morgan fingerprint density at radius 2 is 1.60 bits per heavy atom. The second-order valence-corrected chi connectivity index (χ2v) is 7.22. The molecule has 0 aliphatic rings. The quantitative estimate of drug-likeness (QED) is 0.704. The molecule has 0 amide bonds. The van der Waals surface area contributed by atoms with Gasteiger partial charge in [-0.25, -0.2) is 0 Å². The predicted octanol–water partition coefficient (Wildman–Crippen LogP) is 3.84. The van der Waals surface area contributed by atoms with Gasteiger partial charge in [-0.05, 0) is 39.2 Å². The molecule has 0 aliphatic carbocycles. The van der Waals surface area contributed by atoms with Crippen molar-refractivity contribution in [3.63, 3.8) is 0 Å². The third-order valence-corrected chi connectivity index (χ3v) is 3.48. The van der Waals surface area contributed by atoms with Gasteiger partial charge in [0.1, 0.15) is 0 Å². The molecule has 1 unspecified atom stereocenters. The van der Waals surface area contributed by atoms with Crippen LogP contribution in [0.2, 0.25) is 0 Å². The monoisotopic (exact) mass is 231 g/mol. The number of hydrogen-bond acceptors (Lipinski definition) is 2. The first-order valence-electron chi connectivity index (χ1n) is 5.98. The van der Waals surface area contributed by atoms with Crippen molar-refractivity contribution >= 4 is 12.6 Å². The molecule has 0 heterocycles. The lowest BCUT2D eigenvalue weighted by Crippen LogP contribution is -2.46. The zero-order valence-corrected chi connectivity index (χ0v) is 12.5. The van der Waals surface area contributed by atoms with Crippen LogP contribution >= 0.6 is 12.6 Å². The molecule has 0 aromatic carbocycles. The van der Waals surface area contributed by atoms with Gasteiger partial charge in [-0.3, -0.25) is 0 Å². The van der Waals surface area contributed by atoms with Crippen molar-refractivity contribution < 1.29 is 0 Å². The number of thiol groups is 1. The summed E-state index contributed by atoms with van der Waals surface area (Å²) in [4.78, 5) is 2.44. The van der Waals surface area contributed by atoms with E-state index in [2.05, 4.69) is 66.1 Å². The normalized spacial score (nSPS) is 15.8. The van der Waals surface area contributed by atoms with Crippen LogP contribution < -0.4 is 0 Å². The Labute approximate surface area is 102 Å². The van der Waals surface area contributed by atoms with E-state index in [1.54, 1.807) is 0 Å². The van der Waals surface area contributed by atoms with E-state index >= 15 is 0 Å². The van der Waals surface area contributed by atoms with Crippen LogP contribution in [0.1, 0.15) is 54.4 Å². The van der Waals surface area contributed by atoms with Crippen LogP contribution in [0.3, 0.4) is 0 Å².